The van der Waals surface area contributed by atoms with Crippen molar-refractivity contribution in [2.24, 2.45) is 0 Å². The maximum Gasteiger partial charge on any atom is 0.410 e. The van der Waals surface area contributed by atoms with Gasteiger partial charge < -0.3 is 19.9 Å². The summed E-state index contributed by atoms with van der Waals surface area (Å²) in [6, 6.07) is 7.55. The zero-order chi connectivity index (χ0) is 20.3. The van der Waals surface area contributed by atoms with Crippen LogP contribution in [0.4, 0.5) is 26.4 Å². The number of ether oxygens (including phenoxy) is 1. The number of nitrogens with one attached hydrogen (secondary N) is 1. The Morgan fingerprint density at radius 1 is 1.18 bits per heavy atom. The Morgan fingerprint density at radius 2 is 1.82 bits per heavy atom. The molecular formula is C19H23ClFN5O2. The van der Waals surface area contributed by atoms with Crippen LogP contribution in [0.25, 0.3) is 0 Å². The molecule has 3 rings (SSSR count). The van der Waals surface area contributed by atoms with Crippen molar-refractivity contribution < 1.29 is 13.9 Å². The van der Waals surface area contributed by atoms with Crippen molar-refractivity contribution in [1.82, 2.24) is 14.9 Å². The predicted molar refractivity (Wildman–Crippen MR) is 107 cm³/mol. The third-order valence-electron chi connectivity index (χ3n) is 4.14. The minimum absolute atomic E-state index is 0.0246. The van der Waals surface area contributed by atoms with Crippen molar-refractivity contribution in [2.45, 2.75) is 26.4 Å². The van der Waals surface area contributed by atoms with Crippen LogP contribution in [0.2, 0.25) is 5.28 Å². The molecule has 1 saturated heterocycles. The van der Waals surface area contributed by atoms with Crippen molar-refractivity contribution >= 4 is 34.9 Å². The van der Waals surface area contributed by atoms with Crippen molar-refractivity contribution in [2.75, 3.05) is 36.4 Å². The van der Waals surface area contributed by atoms with Gasteiger partial charge in [-0.1, -0.05) is 0 Å². The maximum absolute atomic E-state index is 13.7. The quantitative estimate of drug-likeness (QED) is 0.773. The molecule has 2 aromatic rings. The van der Waals surface area contributed by atoms with Gasteiger partial charge in [0.05, 0.1) is 6.20 Å². The monoisotopic (exact) mass is 407 g/mol. The molecule has 2 heterocycles. The van der Waals surface area contributed by atoms with Crippen LogP contribution in [-0.4, -0.2) is 52.7 Å². The first-order valence-corrected chi connectivity index (χ1v) is 9.37. The number of hydrogen-bond donors (Lipinski definition) is 1. The van der Waals surface area contributed by atoms with Crippen LogP contribution in [0.5, 0.6) is 0 Å². The summed E-state index contributed by atoms with van der Waals surface area (Å²) in [5.41, 5.74) is 1.21. The Bertz CT molecular complexity index is 833. The third kappa shape index (κ3) is 5.22. The summed E-state index contributed by atoms with van der Waals surface area (Å²) in [7, 11) is 0. The first-order valence-electron chi connectivity index (χ1n) is 8.99. The van der Waals surface area contributed by atoms with E-state index < -0.39 is 11.4 Å². The fourth-order valence-electron chi connectivity index (χ4n) is 2.80. The van der Waals surface area contributed by atoms with Gasteiger partial charge in [-0.3, -0.25) is 0 Å². The summed E-state index contributed by atoms with van der Waals surface area (Å²) in [4.78, 5) is 23.5. The van der Waals surface area contributed by atoms with Crippen LogP contribution in [0, 0.1) is 5.82 Å². The Balaban J connectivity index is 1.57. The number of carbonyl (C=O) groups is 1. The fourth-order valence-corrected chi connectivity index (χ4v) is 2.93. The average molecular weight is 408 g/mol. The molecule has 28 heavy (non-hydrogen) atoms. The van der Waals surface area contributed by atoms with E-state index in [9.17, 15) is 9.18 Å². The Hall–Kier alpha value is -2.61. The second-order valence-electron chi connectivity index (χ2n) is 7.46. The van der Waals surface area contributed by atoms with Gasteiger partial charge in [-0.15, -0.1) is 0 Å². The van der Waals surface area contributed by atoms with E-state index in [-0.39, 0.29) is 17.2 Å². The molecule has 0 bridgehead atoms. The van der Waals surface area contributed by atoms with Gasteiger partial charge in [0, 0.05) is 37.6 Å². The van der Waals surface area contributed by atoms with Crippen LogP contribution >= 0.6 is 11.6 Å². The molecule has 1 aromatic carbocycles. The number of benzene rings is 1. The van der Waals surface area contributed by atoms with Gasteiger partial charge in [-0.2, -0.15) is 4.98 Å². The molecule has 0 saturated carbocycles. The molecule has 0 unspecified atom stereocenters. The standard InChI is InChI=1S/C19H23ClFN5O2/c1-19(2,3)28-18(27)26-10-8-25(9-11-26)14-6-4-13(5-7-14)23-16-15(21)12-22-17(20)24-16/h4-7,12H,8-11H2,1-3H3,(H,22,23,24). The van der Waals surface area contributed by atoms with E-state index in [0.717, 1.165) is 11.9 Å². The number of nitrogens with zero attached hydrogens (tertiary/aromatic N) is 4. The number of anilines is 3. The Morgan fingerprint density at radius 3 is 2.43 bits per heavy atom. The van der Waals surface area contributed by atoms with E-state index in [4.69, 9.17) is 16.3 Å². The molecule has 0 spiro atoms. The Labute approximate surface area is 168 Å². The zero-order valence-corrected chi connectivity index (χ0v) is 16.8. The fraction of sp³-hybridized carbons (Fsp3) is 0.421. The van der Waals surface area contributed by atoms with E-state index in [1.807, 2.05) is 45.0 Å². The molecule has 0 radical (unpaired) electrons. The number of aromatic nitrogens is 2. The van der Waals surface area contributed by atoms with Crippen LogP contribution in [0.15, 0.2) is 30.5 Å². The van der Waals surface area contributed by atoms with Crippen LogP contribution in [0.1, 0.15) is 20.8 Å². The van der Waals surface area contributed by atoms with E-state index >= 15 is 0 Å². The lowest BCUT2D eigenvalue weighted by Gasteiger charge is -2.36. The summed E-state index contributed by atoms with van der Waals surface area (Å²) < 4.78 is 19.2. The first kappa shape index (κ1) is 20.1. The number of amides is 1. The summed E-state index contributed by atoms with van der Waals surface area (Å²) in [6.07, 6.45) is 0.744. The number of halogens is 2. The van der Waals surface area contributed by atoms with Crippen LogP contribution in [-0.2, 0) is 4.74 Å². The second kappa shape index (κ2) is 8.18. The van der Waals surface area contributed by atoms with Crippen molar-refractivity contribution in [1.29, 1.82) is 0 Å². The van der Waals surface area contributed by atoms with Gasteiger partial charge in [0.2, 0.25) is 5.28 Å². The molecule has 1 N–H and O–H groups in total. The molecule has 1 fully saturated rings. The van der Waals surface area contributed by atoms with E-state index in [1.165, 1.54) is 0 Å². The lowest BCUT2D eigenvalue weighted by Crippen LogP contribution is -2.50. The molecule has 0 atom stereocenters. The normalized spacial score (nSPS) is 14.8. The van der Waals surface area contributed by atoms with E-state index in [0.29, 0.717) is 31.9 Å². The molecule has 1 aliphatic rings. The lowest BCUT2D eigenvalue weighted by molar-refractivity contribution is 0.0240. The summed E-state index contributed by atoms with van der Waals surface area (Å²) in [6.45, 7) is 8.19. The average Bonchev–Trinajstić information content (AvgIpc) is 2.64. The molecule has 1 aromatic heterocycles. The highest BCUT2D eigenvalue weighted by Crippen LogP contribution is 2.23. The summed E-state index contributed by atoms with van der Waals surface area (Å²) in [5.74, 6) is -0.550. The molecule has 9 heteroatoms. The maximum atomic E-state index is 13.7. The van der Waals surface area contributed by atoms with E-state index in [2.05, 4.69) is 20.2 Å². The van der Waals surface area contributed by atoms with Crippen molar-refractivity contribution in [3.8, 4) is 0 Å². The third-order valence-corrected chi connectivity index (χ3v) is 4.32. The predicted octanol–water partition coefficient (Wildman–Crippen LogP) is 4.07. The number of rotatable bonds is 3. The second-order valence-corrected chi connectivity index (χ2v) is 7.80. The minimum atomic E-state index is -0.577. The SMILES string of the molecule is CC(C)(C)OC(=O)N1CCN(c2ccc(Nc3nc(Cl)ncc3F)cc2)CC1. The topological polar surface area (TPSA) is 70.6 Å². The van der Waals surface area contributed by atoms with Crippen molar-refractivity contribution in [3.05, 3.63) is 41.6 Å². The van der Waals surface area contributed by atoms with Gasteiger partial charge in [-0.25, -0.2) is 14.2 Å². The minimum Gasteiger partial charge on any atom is -0.444 e. The molecule has 1 aliphatic heterocycles. The smallest absolute Gasteiger partial charge is 0.410 e. The van der Waals surface area contributed by atoms with Crippen LogP contribution in [0.3, 0.4) is 0 Å². The zero-order valence-electron chi connectivity index (χ0n) is 16.1. The highest BCUT2D eigenvalue weighted by atomic mass is 35.5. The van der Waals surface area contributed by atoms with Crippen molar-refractivity contribution in [3.63, 3.8) is 0 Å². The molecule has 1 amide bonds. The lowest BCUT2D eigenvalue weighted by atomic mass is 10.2. The van der Waals surface area contributed by atoms with Gasteiger partial charge in [0.1, 0.15) is 5.60 Å². The van der Waals surface area contributed by atoms with Gasteiger partial charge in [-0.05, 0) is 56.6 Å². The van der Waals surface area contributed by atoms with E-state index in [1.54, 1.807) is 4.90 Å². The van der Waals surface area contributed by atoms with Gasteiger partial charge in [0.25, 0.3) is 0 Å². The largest absolute Gasteiger partial charge is 0.444 e. The van der Waals surface area contributed by atoms with Gasteiger partial charge >= 0.3 is 6.09 Å². The Kier molecular flexibility index (Phi) is 5.88. The highest BCUT2D eigenvalue weighted by Gasteiger charge is 2.25. The summed E-state index contributed by atoms with van der Waals surface area (Å²) >= 11 is 5.71. The molecule has 7 nitrogen and oxygen atoms in total. The number of carbonyl (C=O) groups excluding carboxylic acids is 1. The molecule has 150 valence electrons. The first-order chi connectivity index (χ1) is 13.2. The summed E-state index contributed by atoms with van der Waals surface area (Å²) in [5, 5.41) is 2.86. The van der Waals surface area contributed by atoms with Gasteiger partial charge in [0.15, 0.2) is 11.6 Å². The molecule has 0 aliphatic carbocycles. The number of piperazine rings is 1. The highest BCUT2D eigenvalue weighted by molar-refractivity contribution is 6.28. The number of hydrogen-bond acceptors (Lipinski definition) is 6. The van der Waals surface area contributed by atoms with Crippen LogP contribution < -0.4 is 10.2 Å². The molecular weight excluding hydrogens is 385 g/mol.